The van der Waals surface area contributed by atoms with Gasteiger partial charge in [0.2, 0.25) is 0 Å². The average molecular weight is 436 g/mol. The topological polar surface area (TPSA) is 78.2 Å². The Balaban J connectivity index is 1.68. The van der Waals surface area contributed by atoms with Gasteiger partial charge in [-0.1, -0.05) is 45.0 Å². The van der Waals surface area contributed by atoms with E-state index in [0.29, 0.717) is 30.0 Å². The minimum Gasteiger partial charge on any atom is -0.393 e. The molecule has 0 atom stereocenters. The van der Waals surface area contributed by atoms with Crippen LogP contribution < -0.4 is 5.73 Å². The van der Waals surface area contributed by atoms with Gasteiger partial charge in [-0.3, -0.25) is 9.48 Å². The van der Waals surface area contributed by atoms with E-state index in [4.69, 9.17) is 12.3 Å². The first kappa shape index (κ1) is 22.7. The summed E-state index contributed by atoms with van der Waals surface area (Å²) in [5, 5.41) is 4.53. The van der Waals surface area contributed by atoms with Gasteiger partial charge in [-0.05, 0) is 54.4 Å². The van der Waals surface area contributed by atoms with Crippen LogP contribution in [0.3, 0.4) is 0 Å². The molecule has 0 aliphatic heterocycles. The SMILES string of the molecule is [C-]#[N+]c1c(-c2ccc(CC(=O)Cc3cc(CC(C)(C)C)sn3)cc2)nn(C(C)C)c1N. The summed E-state index contributed by atoms with van der Waals surface area (Å²) in [6.07, 6.45) is 1.66. The van der Waals surface area contributed by atoms with Gasteiger partial charge in [0.15, 0.2) is 0 Å². The van der Waals surface area contributed by atoms with Crippen LogP contribution in [0.15, 0.2) is 30.3 Å². The predicted octanol–water partition coefficient (Wildman–Crippen LogP) is 5.66. The fourth-order valence-electron chi connectivity index (χ4n) is 3.45. The highest BCUT2D eigenvalue weighted by atomic mass is 32.1. The number of nitrogens with two attached hydrogens (primary N) is 1. The van der Waals surface area contributed by atoms with Crippen molar-refractivity contribution >= 4 is 28.8 Å². The number of carbonyl (C=O) groups is 1. The Bertz CT molecular complexity index is 1110. The van der Waals surface area contributed by atoms with Gasteiger partial charge >= 0.3 is 0 Å². The average Bonchev–Trinajstić information content (AvgIpc) is 3.24. The molecule has 1 aromatic carbocycles. The Morgan fingerprint density at radius 2 is 1.90 bits per heavy atom. The molecule has 0 saturated heterocycles. The van der Waals surface area contributed by atoms with Crippen LogP contribution in [0.5, 0.6) is 0 Å². The molecule has 7 heteroatoms. The number of carbonyl (C=O) groups excluding carboxylic acids is 1. The lowest BCUT2D eigenvalue weighted by molar-refractivity contribution is -0.117. The van der Waals surface area contributed by atoms with Gasteiger partial charge in [-0.25, -0.2) is 4.85 Å². The van der Waals surface area contributed by atoms with Crippen LogP contribution in [0, 0.1) is 12.0 Å². The second-order valence-electron chi connectivity index (χ2n) is 9.34. The number of hydrogen-bond acceptors (Lipinski definition) is 5. The second kappa shape index (κ2) is 9.03. The van der Waals surface area contributed by atoms with E-state index in [2.05, 4.69) is 41.2 Å². The smallest absolute Gasteiger partial charge is 0.254 e. The molecule has 2 N–H and O–H groups in total. The highest BCUT2D eigenvalue weighted by Gasteiger charge is 2.19. The van der Waals surface area contributed by atoms with E-state index in [9.17, 15) is 4.79 Å². The molecule has 0 unspecified atom stereocenters. The van der Waals surface area contributed by atoms with Crippen molar-refractivity contribution in [1.82, 2.24) is 14.2 Å². The molecule has 0 spiro atoms. The van der Waals surface area contributed by atoms with Crippen molar-refractivity contribution in [2.45, 2.75) is 59.9 Å². The summed E-state index contributed by atoms with van der Waals surface area (Å²) in [5.74, 6) is 0.517. The quantitative estimate of drug-likeness (QED) is 0.486. The number of aromatic nitrogens is 3. The molecular formula is C24H29N5OS. The van der Waals surface area contributed by atoms with Crippen molar-refractivity contribution < 1.29 is 4.79 Å². The van der Waals surface area contributed by atoms with Crippen LogP contribution in [0.2, 0.25) is 0 Å². The lowest BCUT2D eigenvalue weighted by Crippen LogP contribution is -2.08. The molecule has 0 amide bonds. The lowest BCUT2D eigenvalue weighted by atomic mass is 9.91. The van der Waals surface area contributed by atoms with Crippen LogP contribution in [0.4, 0.5) is 11.5 Å². The third-order valence-electron chi connectivity index (χ3n) is 4.84. The number of hydrogen-bond donors (Lipinski definition) is 1. The molecule has 6 nitrogen and oxygen atoms in total. The fraction of sp³-hybridized carbons (Fsp3) is 0.417. The zero-order valence-corrected chi connectivity index (χ0v) is 19.6. The Labute approximate surface area is 188 Å². The second-order valence-corrected chi connectivity index (χ2v) is 10.2. The summed E-state index contributed by atoms with van der Waals surface area (Å²) >= 11 is 1.49. The summed E-state index contributed by atoms with van der Waals surface area (Å²) in [6, 6.07) is 9.75. The highest BCUT2D eigenvalue weighted by Crippen LogP contribution is 2.36. The Morgan fingerprint density at radius 3 is 2.48 bits per heavy atom. The van der Waals surface area contributed by atoms with E-state index in [1.165, 1.54) is 16.4 Å². The molecule has 31 heavy (non-hydrogen) atoms. The predicted molar refractivity (Wildman–Crippen MR) is 126 cm³/mol. The molecule has 3 rings (SSSR count). The van der Waals surface area contributed by atoms with E-state index in [0.717, 1.165) is 23.2 Å². The van der Waals surface area contributed by atoms with Gasteiger partial charge < -0.3 is 5.73 Å². The van der Waals surface area contributed by atoms with Crippen molar-refractivity contribution in [3.05, 3.63) is 57.9 Å². The number of nitrogen functional groups attached to an aromatic ring is 1. The Kier molecular flexibility index (Phi) is 6.61. The third kappa shape index (κ3) is 5.59. The largest absolute Gasteiger partial charge is 0.393 e. The standard InChI is InChI=1S/C24H29N5OS/c1-15(2)29-23(25)22(26-6)21(27-29)17-9-7-16(8-10-17)11-19(30)12-18-13-20(31-28-18)14-24(3,4)5/h7-10,13,15H,11-12,14,25H2,1-5H3. The summed E-state index contributed by atoms with van der Waals surface area (Å²) in [4.78, 5) is 17.3. The van der Waals surface area contributed by atoms with Gasteiger partial charge in [0.1, 0.15) is 17.3 Å². The van der Waals surface area contributed by atoms with Gasteiger partial charge in [0.05, 0.1) is 18.7 Å². The number of Topliss-reactive ketones (excluding diaryl/α,β-unsaturated/α-hetero) is 1. The maximum atomic E-state index is 12.5. The van der Waals surface area contributed by atoms with E-state index in [-0.39, 0.29) is 17.2 Å². The van der Waals surface area contributed by atoms with Crippen molar-refractivity contribution in [3.63, 3.8) is 0 Å². The van der Waals surface area contributed by atoms with Crippen molar-refractivity contribution in [2.75, 3.05) is 5.73 Å². The first-order chi connectivity index (χ1) is 14.6. The zero-order valence-electron chi connectivity index (χ0n) is 18.8. The molecule has 0 saturated carbocycles. The number of benzene rings is 1. The lowest BCUT2D eigenvalue weighted by Gasteiger charge is -2.15. The number of ketones is 1. The maximum absolute atomic E-state index is 12.5. The summed E-state index contributed by atoms with van der Waals surface area (Å²) in [6.45, 7) is 18.0. The molecule has 2 aromatic heterocycles. The molecule has 162 valence electrons. The molecule has 0 bridgehead atoms. The summed E-state index contributed by atoms with van der Waals surface area (Å²) in [5.41, 5.74) is 9.84. The Morgan fingerprint density at radius 1 is 1.23 bits per heavy atom. The van der Waals surface area contributed by atoms with E-state index in [1.54, 1.807) is 4.68 Å². The molecular weight excluding hydrogens is 406 g/mol. The molecule has 0 aliphatic rings. The van der Waals surface area contributed by atoms with Crippen LogP contribution in [-0.2, 0) is 24.1 Å². The van der Waals surface area contributed by atoms with Gasteiger partial charge in [-0.15, -0.1) is 0 Å². The third-order valence-corrected chi connectivity index (χ3v) is 5.66. The van der Waals surface area contributed by atoms with Crippen LogP contribution in [-0.4, -0.2) is 19.9 Å². The summed E-state index contributed by atoms with van der Waals surface area (Å²) in [7, 11) is 0. The normalized spacial score (nSPS) is 11.6. The van der Waals surface area contributed by atoms with E-state index in [1.807, 2.05) is 38.1 Å². The number of rotatable bonds is 7. The molecule has 0 aliphatic carbocycles. The minimum atomic E-state index is 0.0702. The van der Waals surface area contributed by atoms with Gasteiger partial charge in [0.25, 0.3) is 5.69 Å². The first-order valence-corrected chi connectivity index (χ1v) is 11.2. The monoisotopic (exact) mass is 435 g/mol. The molecule has 3 aromatic rings. The van der Waals surface area contributed by atoms with Crippen molar-refractivity contribution in [1.29, 1.82) is 0 Å². The minimum absolute atomic E-state index is 0.0702. The molecule has 2 heterocycles. The van der Waals surface area contributed by atoms with Crippen LogP contribution in [0.25, 0.3) is 16.1 Å². The first-order valence-electron chi connectivity index (χ1n) is 10.4. The number of nitrogens with zero attached hydrogens (tertiary/aromatic N) is 4. The Hall–Kier alpha value is -2.98. The highest BCUT2D eigenvalue weighted by molar-refractivity contribution is 7.05. The fourth-order valence-corrected chi connectivity index (χ4v) is 4.49. The molecule has 0 radical (unpaired) electrons. The van der Waals surface area contributed by atoms with Gasteiger partial charge in [-0.2, -0.15) is 9.47 Å². The van der Waals surface area contributed by atoms with Crippen LogP contribution in [0.1, 0.15) is 56.8 Å². The summed E-state index contributed by atoms with van der Waals surface area (Å²) < 4.78 is 6.12. The zero-order chi connectivity index (χ0) is 22.8. The van der Waals surface area contributed by atoms with Crippen molar-refractivity contribution in [3.8, 4) is 11.3 Å². The number of anilines is 1. The van der Waals surface area contributed by atoms with E-state index >= 15 is 0 Å². The van der Waals surface area contributed by atoms with E-state index < -0.39 is 0 Å². The van der Waals surface area contributed by atoms with Gasteiger partial charge in [0, 0.05) is 17.3 Å². The molecule has 0 fully saturated rings. The van der Waals surface area contributed by atoms with Crippen LogP contribution >= 0.6 is 11.5 Å². The maximum Gasteiger partial charge on any atom is 0.254 e. The van der Waals surface area contributed by atoms with Crippen molar-refractivity contribution in [2.24, 2.45) is 5.41 Å².